The van der Waals surface area contributed by atoms with Crippen LogP contribution in [-0.4, -0.2) is 11.2 Å². The van der Waals surface area contributed by atoms with Crippen molar-refractivity contribution in [3.8, 4) is 11.5 Å². The first-order chi connectivity index (χ1) is 12.0. The molecule has 1 aromatic carbocycles. The molecule has 1 aliphatic carbocycles. The molecule has 0 radical (unpaired) electrons. The summed E-state index contributed by atoms with van der Waals surface area (Å²) in [6, 6.07) is 4.11. The predicted octanol–water partition coefficient (Wildman–Crippen LogP) is 7.15. The number of hydrogen-bond acceptors (Lipinski definition) is 2. The van der Waals surface area contributed by atoms with Gasteiger partial charge in [-0.2, -0.15) is 0 Å². The molecule has 0 amide bonds. The first-order valence-corrected chi connectivity index (χ1v) is 10.2. The molecule has 0 saturated heterocycles. The molecule has 1 aromatic rings. The second kappa shape index (κ2) is 11.2. The van der Waals surface area contributed by atoms with E-state index in [0.717, 1.165) is 24.2 Å². The van der Waals surface area contributed by atoms with E-state index in [1.807, 2.05) is 33.8 Å². The summed E-state index contributed by atoms with van der Waals surface area (Å²) < 4.78 is 6.07. The van der Waals surface area contributed by atoms with Gasteiger partial charge in [0.2, 0.25) is 0 Å². The number of ether oxygens (including phenoxy) is 1. The van der Waals surface area contributed by atoms with Crippen LogP contribution in [-0.2, 0) is 6.42 Å². The summed E-state index contributed by atoms with van der Waals surface area (Å²) in [7, 11) is 0. The Hall–Kier alpha value is -1.44. The van der Waals surface area contributed by atoms with Gasteiger partial charge in [-0.3, -0.25) is 0 Å². The van der Waals surface area contributed by atoms with Crippen molar-refractivity contribution < 1.29 is 9.84 Å². The SMILES string of the molecule is CC.CCCCCc1cc(O)c([C@@H]2C=C(C)CCC2)c(OC(C)C)c1. The fraction of sp³-hybridized carbons (Fsp3) is 0.652. The zero-order valence-corrected chi connectivity index (χ0v) is 17.2. The van der Waals surface area contributed by atoms with Crippen molar-refractivity contribution in [3.63, 3.8) is 0 Å². The average molecular weight is 347 g/mol. The Balaban J connectivity index is 0.00000151. The Morgan fingerprint density at radius 3 is 2.52 bits per heavy atom. The van der Waals surface area contributed by atoms with E-state index < -0.39 is 0 Å². The molecule has 0 heterocycles. The Morgan fingerprint density at radius 2 is 1.92 bits per heavy atom. The van der Waals surface area contributed by atoms with Crippen molar-refractivity contribution >= 4 is 0 Å². The van der Waals surface area contributed by atoms with Crippen LogP contribution in [0.3, 0.4) is 0 Å². The summed E-state index contributed by atoms with van der Waals surface area (Å²) in [5.74, 6) is 1.57. The van der Waals surface area contributed by atoms with E-state index in [-0.39, 0.29) is 12.0 Å². The van der Waals surface area contributed by atoms with E-state index in [2.05, 4.69) is 26.0 Å². The van der Waals surface area contributed by atoms with Crippen molar-refractivity contribution in [3.05, 3.63) is 34.9 Å². The van der Waals surface area contributed by atoms with Crippen LogP contribution in [0.25, 0.3) is 0 Å². The number of benzene rings is 1. The van der Waals surface area contributed by atoms with Crippen molar-refractivity contribution in [2.24, 2.45) is 0 Å². The van der Waals surface area contributed by atoms with Crippen LogP contribution in [0.15, 0.2) is 23.8 Å². The summed E-state index contributed by atoms with van der Waals surface area (Å²) in [6.07, 6.45) is 10.5. The van der Waals surface area contributed by atoms with Crippen LogP contribution in [0, 0.1) is 0 Å². The van der Waals surface area contributed by atoms with Crippen LogP contribution in [0.2, 0.25) is 0 Å². The maximum Gasteiger partial charge on any atom is 0.127 e. The highest BCUT2D eigenvalue weighted by Gasteiger charge is 2.22. The van der Waals surface area contributed by atoms with Gasteiger partial charge in [-0.15, -0.1) is 0 Å². The van der Waals surface area contributed by atoms with Crippen molar-refractivity contribution in [1.82, 2.24) is 0 Å². The maximum atomic E-state index is 10.7. The van der Waals surface area contributed by atoms with Gasteiger partial charge in [-0.1, -0.05) is 45.3 Å². The molecule has 142 valence electrons. The number of phenolic OH excluding ortho intramolecular Hbond substituents is 1. The Labute approximate surface area is 155 Å². The minimum absolute atomic E-state index is 0.118. The number of allylic oxidation sites excluding steroid dienone is 2. The molecule has 0 unspecified atom stereocenters. The molecule has 2 rings (SSSR count). The van der Waals surface area contributed by atoms with Crippen LogP contribution >= 0.6 is 0 Å². The van der Waals surface area contributed by atoms with E-state index in [4.69, 9.17) is 4.74 Å². The third-order valence-corrected chi connectivity index (χ3v) is 4.55. The lowest BCUT2D eigenvalue weighted by Crippen LogP contribution is -2.11. The summed E-state index contributed by atoms with van der Waals surface area (Å²) in [5.41, 5.74) is 3.59. The molecule has 0 fully saturated rings. The topological polar surface area (TPSA) is 29.5 Å². The van der Waals surface area contributed by atoms with Crippen LogP contribution in [0.4, 0.5) is 0 Å². The summed E-state index contributed by atoms with van der Waals surface area (Å²) in [4.78, 5) is 0. The molecule has 0 aromatic heterocycles. The monoisotopic (exact) mass is 346 g/mol. The number of phenols is 1. The zero-order chi connectivity index (χ0) is 18.8. The van der Waals surface area contributed by atoms with Gasteiger partial charge in [0.1, 0.15) is 11.5 Å². The normalized spacial score (nSPS) is 16.9. The number of aryl methyl sites for hydroxylation is 1. The Morgan fingerprint density at radius 1 is 1.20 bits per heavy atom. The first-order valence-electron chi connectivity index (χ1n) is 10.2. The fourth-order valence-corrected chi connectivity index (χ4v) is 3.45. The van der Waals surface area contributed by atoms with Gasteiger partial charge in [0.05, 0.1) is 6.10 Å². The zero-order valence-electron chi connectivity index (χ0n) is 17.2. The molecule has 2 heteroatoms. The molecular formula is C23H38O2. The lowest BCUT2D eigenvalue weighted by atomic mass is 9.84. The summed E-state index contributed by atoms with van der Waals surface area (Å²) in [6.45, 7) is 12.5. The minimum Gasteiger partial charge on any atom is -0.507 e. The highest BCUT2D eigenvalue weighted by atomic mass is 16.5. The summed E-state index contributed by atoms with van der Waals surface area (Å²) in [5, 5.41) is 10.7. The minimum atomic E-state index is 0.118. The van der Waals surface area contributed by atoms with E-state index in [1.165, 1.54) is 43.2 Å². The smallest absolute Gasteiger partial charge is 0.127 e. The number of rotatable bonds is 7. The van der Waals surface area contributed by atoms with Gasteiger partial charge in [0.25, 0.3) is 0 Å². The van der Waals surface area contributed by atoms with Gasteiger partial charge in [-0.25, -0.2) is 0 Å². The van der Waals surface area contributed by atoms with Gasteiger partial charge in [-0.05, 0) is 70.6 Å². The average Bonchev–Trinajstić information content (AvgIpc) is 2.56. The highest BCUT2D eigenvalue weighted by Crippen LogP contribution is 2.42. The maximum absolute atomic E-state index is 10.7. The molecule has 0 spiro atoms. The van der Waals surface area contributed by atoms with Crippen molar-refractivity contribution in [2.45, 2.75) is 98.5 Å². The number of hydrogen-bond donors (Lipinski definition) is 1. The lowest BCUT2D eigenvalue weighted by Gasteiger charge is -2.25. The number of aromatic hydroxyl groups is 1. The van der Waals surface area contributed by atoms with E-state index >= 15 is 0 Å². The third-order valence-electron chi connectivity index (χ3n) is 4.55. The molecular weight excluding hydrogens is 308 g/mol. The Kier molecular flexibility index (Phi) is 9.70. The van der Waals surface area contributed by atoms with Crippen molar-refractivity contribution in [2.75, 3.05) is 0 Å². The first kappa shape index (κ1) is 21.6. The molecule has 1 aliphatic rings. The van der Waals surface area contributed by atoms with Crippen LogP contribution < -0.4 is 4.74 Å². The molecule has 0 saturated carbocycles. The van der Waals surface area contributed by atoms with E-state index in [1.54, 1.807) is 0 Å². The van der Waals surface area contributed by atoms with Gasteiger partial charge in [0.15, 0.2) is 0 Å². The number of unbranched alkanes of at least 4 members (excludes halogenated alkanes) is 2. The predicted molar refractivity (Wildman–Crippen MR) is 109 cm³/mol. The van der Waals surface area contributed by atoms with Crippen LogP contribution in [0.1, 0.15) is 97.1 Å². The standard InChI is InChI=1S/C21H32O2.C2H6/c1-5-6-7-10-17-13-19(22)21(20(14-17)23-15(2)3)18-11-8-9-16(4)12-18;1-2/h12-15,18,22H,5-11H2,1-4H3;1-2H3/t18-;/m0./s1. The van der Waals surface area contributed by atoms with E-state index in [9.17, 15) is 5.11 Å². The van der Waals surface area contributed by atoms with Crippen molar-refractivity contribution in [1.29, 1.82) is 0 Å². The van der Waals surface area contributed by atoms with E-state index in [0.29, 0.717) is 5.75 Å². The molecule has 1 atom stereocenters. The molecule has 25 heavy (non-hydrogen) atoms. The molecule has 1 N–H and O–H groups in total. The lowest BCUT2D eigenvalue weighted by molar-refractivity contribution is 0.237. The second-order valence-corrected chi connectivity index (χ2v) is 7.16. The second-order valence-electron chi connectivity index (χ2n) is 7.16. The molecule has 0 aliphatic heterocycles. The molecule has 0 bridgehead atoms. The van der Waals surface area contributed by atoms with Gasteiger partial charge >= 0.3 is 0 Å². The summed E-state index contributed by atoms with van der Waals surface area (Å²) >= 11 is 0. The molecule has 2 nitrogen and oxygen atoms in total. The quantitative estimate of drug-likeness (QED) is 0.419. The Bertz CT molecular complexity index is 543. The third kappa shape index (κ3) is 6.76. The van der Waals surface area contributed by atoms with Gasteiger partial charge < -0.3 is 9.84 Å². The fourth-order valence-electron chi connectivity index (χ4n) is 3.45. The van der Waals surface area contributed by atoms with Crippen LogP contribution in [0.5, 0.6) is 11.5 Å². The van der Waals surface area contributed by atoms with Gasteiger partial charge in [0, 0.05) is 11.5 Å². The largest absolute Gasteiger partial charge is 0.507 e. The highest BCUT2D eigenvalue weighted by molar-refractivity contribution is 5.51.